The number of carbonyl (C=O) groups is 1. The van der Waals surface area contributed by atoms with Crippen molar-refractivity contribution in [2.75, 3.05) is 13.7 Å². The maximum absolute atomic E-state index is 12.3. The second-order valence-electron chi connectivity index (χ2n) is 4.65. The van der Waals surface area contributed by atoms with Crippen LogP contribution in [0.15, 0.2) is 12.4 Å². The third-order valence-electron chi connectivity index (χ3n) is 3.52. The van der Waals surface area contributed by atoms with Crippen LogP contribution in [-0.2, 0) is 11.3 Å². The van der Waals surface area contributed by atoms with Crippen molar-refractivity contribution >= 4 is 5.91 Å². The third-order valence-corrected chi connectivity index (χ3v) is 3.52. The number of fused-ring (bicyclic) bond motifs is 1. The van der Waals surface area contributed by atoms with Crippen molar-refractivity contribution in [2.45, 2.75) is 38.3 Å². The van der Waals surface area contributed by atoms with Crippen LogP contribution in [0.25, 0.3) is 0 Å². The number of carbonyl (C=O) groups excluding carboxylic acids is 1. The lowest BCUT2D eigenvalue weighted by atomic mass is 9.97. The van der Waals surface area contributed by atoms with E-state index < -0.39 is 0 Å². The molecule has 5 nitrogen and oxygen atoms in total. The van der Waals surface area contributed by atoms with Gasteiger partial charge in [-0.25, -0.2) is 4.98 Å². The monoisotopic (exact) mass is 237 g/mol. The first-order valence-corrected chi connectivity index (χ1v) is 6.03. The number of aryl methyl sites for hydroxylation is 1. The number of aromatic nitrogens is 2. The number of aliphatic hydroxyl groups is 1. The van der Waals surface area contributed by atoms with Gasteiger partial charge < -0.3 is 14.6 Å². The number of amides is 1. The average molecular weight is 237 g/mol. The molecule has 1 aliphatic heterocycles. The smallest absolute Gasteiger partial charge is 0.233 e. The van der Waals surface area contributed by atoms with Gasteiger partial charge in [-0.15, -0.1) is 0 Å². The number of hydrogen-bond donors (Lipinski definition) is 1. The topological polar surface area (TPSA) is 58.4 Å². The van der Waals surface area contributed by atoms with Gasteiger partial charge in [-0.05, 0) is 19.8 Å². The van der Waals surface area contributed by atoms with Gasteiger partial charge in [0.05, 0.1) is 18.6 Å². The molecule has 0 saturated carbocycles. The molecule has 94 valence electrons. The lowest BCUT2D eigenvalue weighted by molar-refractivity contribution is -0.134. The molecule has 2 atom stereocenters. The number of rotatable bonds is 3. The van der Waals surface area contributed by atoms with E-state index in [1.165, 1.54) is 0 Å². The minimum absolute atomic E-state index is 0.0105. The number of likely N-dealkylation sites (N-methyl/N-ethyl adjacent to an activating group) is 1. The molecule has 17 heavy (non-hydrogen) atoms. The Morgan fingerprint density at radius 3 is 3.24 bits per heavy atom. The fourth-order valence-corrected chi connectivity index (χ4v) is 2.23. The molecular weight excluding hydrogens is 218 g/mol. The highest BCUT2D eigenvalue weighted by molar-refractivity contribution is 5.83. The predicted molar refractivity (Wildman–Crippen MR) is 63.5 cm³/mol. The fourth-order valence-electron chi connectivity index (χ4n) is 2.23. The van der Waals surface area contributed by atoms with Crippen LogP contribution < -0.4 is 0 Å². The van der Waals surface area contributed by atoms with Gasteiger partial charge >= 0.3 is 0 Å². The Morgan fingerprint density at radius 1 is 1.76 bits per heavy atom. The Kier molecular flexibility index (Phi) is 3.47. The fraction of sp³-hybridized carbons (Fsp3) is 0.667. The van der Waals surface area contributed by atoms with E-state index in [1.807, 2.05) is 17.7 Å². The summed E-state index contributed by atoms with van der Waals surface area (Å²) in [6.45, 7) is 2.77. The van der Waals surface area contributed by atoms with Gasteiger partial charge in [0.15, 0.2) is 0 Å². The van der Waals surface area contributed by atoms with Crippen LogP contribution in [-0.4, -0.2) is 45.2 Å². The van der Waals surface area contributed by atoms with Crippen LogP contribution in [0.5, 0.6) is 0 Å². The lowest BCUT2D eigenvalue weighted by Gasteiger charge is -2.30. The molecule has 2 heterocycles. The summed E-state index contributed by atoms with van der Waals surface area (Å²) in [5, 5.41) is 9.09. The molecule has 2 unspecified atom stereocenters. The summed E-state index contributed by atoms with van der Waals surface area (Å²) in [5.41, 5.74) is 0. The van der Waals surface area contributed by atoms with Crippen LogP contribution >= 0.6 is 0 Å². The summed E-state index contributed by atoms with van der Waals surface area (Å²) in [6, 6.07) is -0.146. The Bertz CT molecular complexity index is 402. The standard InChI is InChI=1S/C12H19N3O2/c1-9(8-16)14(2)12(17)10-4-3-6-15-7-5-13-11(10)15/h5,7,9-10,16H,3-4,6,8H2,1-2H3. The molecule has 0 aliphatic carbocycles. The Hall–Kier alpha value is -1.36. The summed E-state index contributed by atoms with van der Waals surface area (Å²) in [4.78, 5) is 18.2. The highest BCUT2D eigenvalue weighted by Gasteiger charge is 2.31. The number of hydrogen-bond acceptors (Lipinski definition) is 3. The van der Waals surface area contributed by atoms with Gasteiger partial charge in [0.1, 0.15) is 5.82 Å². The minimum atomic E-state index is -0.155. The van der Waals surface area contributed by atoms with Crippen molar-refractivity contribution in [3.63, 3.8) is 0 Å². The van der Waals surface area contributed by atoms with E-state index >= 15 is 0 Å². The summed E-state index contributed by atoms with van der Waals surface area (Å²) in [5.74, 6) is 0.759. The van der Waals surface area contributed by atoms with E-state index in [1.54, 1.807) is 18.1 Å². The van der Waals surface area contributed by atoms with Crippen molar-refractivity contribution in [2.24, 2.45) is 0 Å². The van der Waals surface area contributed by atoms with Crippen LogP contribution in [0.1, 0.15) is 31.5 Å². The minimum Gasteiger partial charge on any atom is -0.394 e. The molecule has 1 aromatic heterocycles. The highest BCUT2D eigenvalue weighted by Crippen LogP contribution is 2.27. The van der Waals surface area contributed by atoms with Gasteiger partial charge in [0, 0.05) is 26.0 Å². The molecule has 0 radical (unpaired) electrons. The van der Waals surface area contributed by atoms with E-state index in [0.29, 0.717) is 0 Å². The average Bonchev–Trinajstić information content (AvgIpc) is 2.83. The molecule has 0 aromatic carbocycles. The van der Waals surface area contributed by atoms with Crippen molar-refractivity contribution in [3.8, 4) is 0 Å². The zero-order valence-electron chi connectivity index (χ0n) is 10.3. The van der Waals surface area contributed by atoms with Crippen molar-refractivity contribution < 1.29 is 9.90 Å². The molecule has 0 fully saturated rings. The van der Waals surface area contributed by atoms with Gasteiger partial charge in [0.2, 0.25) is 5.91 Å². The molecule has 1 aromatic rings. The molecule has 1 aliphatic rings. The molecule has 0 saturated heterocycles. The van der Waals surface area contributed by atoms with Crippen LogP contribution in [0.3, 0.4) is 0 Å². The van der Waals surface area contributed by atoms with Gasteiger partial charge in [0.25, 0.3) is 0 Å². The largest absolute Gasteiger partial charge is 0.394 e. The van der Waals surface area contributed by atoms with Crippen LogP contribution in [0, 0.1) is 0 Å². The Labute approximate surface area is 101 Å². The van der Waals surface area contributed by atoms with Crippen molar-refractivity contribution in [1.82, 2.24) is 14.5 Å². The van der Waals surface area contributed by atoms with E-state index in [2.05, 4.69) is 4.98 Å². The van der Waals surface area contributed by atoms with Crippen LogP contribution in [0.2, 0.25) is 0 Å². The molecule has 0 bridgehead atoms. The molecular formula is C12H19N3O2. The summed E-state index contributed by atoms with van der Waals surface area (Å²) < 4.78 is 2.05. The first-order chi connectivity index (χ1) is 8.15. The predicted octanol–water partition coefficient (Wildman–Crippen LogP) is 0.600. The van der Waals surface area contributed by atoms with E-state index in [4.69, 9.17) is 5.11 Å². The maximum atomic E-state index is 12.3. The first-order valence-electron chi connectivity index (χ1n) is 6.03. The van der Waals surface area contributed by atoms with E-state index in [0.717, 1.165) is 25.2 Å². The third kappa shape index (κ3) is 2.20. The zero-order chi connectivity index (χ0) is 12.4. The van der Waals surface area contributed by atoms with E-state index in [9.17, 15) is 4.79 Å². The van der Waals surface area contributed by atoms with Crippen molar-refractivity contribution in [3.05, 3.63) is 18.2 Å². The van der Waals surface area contributed by atoms with Gasteiger partial charge in [-0.1, -0.05) is 0 Å². The second kappa shape index (κ2) is 4.87. The molecule has 1 N–H and O–H groups in total. The quantitative estimate of drug-likeness (QED) is 0.837. The lowest BCUT2D eigenvalue weighted by Crippen LogP contribution is -2.41. The Morgan fingerprint density at radius 2 is 2.53 bits per heavy atom. The van der Waals surface area contributed by atoms with Crippen molar-refractivity contribution in [1.29, 1.82) is 0 Å². The molecule has 0 spiro atoms. The maximum Gasteiger partial charge on any atom is 0.233 e. The number of imidazole rings is 1. The van der Waals surface area contributed by atoms with Gasteiger partial charge in [-0.3, -0.25) is 4.79 Å². The highest BCUT2D eigenvalue weighted by atomic mass is 16.3. The normalized spacial score (nSPS) is 20.8. The first kappa shape index (κ1) is 12.1. The number of nitrogens with zero attached hydrogens (tertiary/aromatic N) is 3. The summed E-state index contributed by atoms with van der Waals surface area (Å²) >= 11 is 0. The van der Waals surface area contributed by atoms with E-state index in [-0.39, 0.29) is 24.5 Å². The second-order valence-corrected chi connectivity index (χ2v) is 4.65. The van der Waals surface area contributed by atoms with Crippen LogP contribution in [0.4, 0.5) is 0 Å². The molecule has 1 amide bonds. The SMILES string of the molecule is CC(CO)N(C)C(=O)C1CCCn2ccnc21. The Balaban J connectivity index is 2.17. The number of aliphatic hydroxyl groups excluding tert-OH is 1. The van der Waals surface area contributed by atoms with Gasteiger partial charge in [-0.2, -0.15) is 0 Å². The summed E-state index contributed by atoms with van der Waals surface area (Å²) in [6.07, 6.45) is 5.51. The summed E-state index contributed by atoms with van der Waals surface area (Å²) in [7, 11) is 1.74. The molecule has 5 heteroatoms. The zero-order valence-corrected chi connectivity index (χ0v) is 10.3. The molecule has 2 rings (SSSR count).